The van der Waals surface area contributed by atoms with E-state index < -0.39 is 0 Å². The van der Waals surface area contributed by atoms with Gasteiger partial charge in [0.25, 0.3) is 0 Å². The number of aromatic nitrogens is 1. The molecule has 0 aliphatic rings. The standard InChI is InChI=1S/C9H9N3S/c10-12-8-1-3-11-9(5-8)7-2-4-13-6-7/h1-6H,10H2,(H,11,12). The number of rotatable bonds is 2. The van der Waals surface area contributed by atoms with Crippen molar-refractivity contribution in [2.24, 2.45) is 5.84 Å². The fourth-order valence-corrected chi connectivity index (χ4v) is 1.74. The third-order valence-corrected chi connectivity index (χ3v) is 2.43. The average molecular weight is 191 g/mol. The number of anilines is 1. The Morgan fingerprint density at radius 2 is 2.31 bits per heavy atom. The molecule has 0 fully saturated rings. The summed E-state index contributed by atoms with van der Waals surface area (Å²) >= 11 is 1.66. The van der Waals surface area contributed by atoms with Gasteiger partial charge in [-0.2, -0.15) is 11.3 Å². The molecule has 0 aliphatic heterocycles. The van der Waals surface area contributed by atoms with E-state index in [-0.39, 0.29) is 0 Å². The second-order valence-electron chi connectivity index (χ2n) is 2.59. The summed E-state index contributed by atoms with van der Waals surface area (Å²) in [6, 6.07) is 5.78. The zero-order chi connectivity index (χ0) is 9.10. The van der Waals surface area contributed by atoms with Gasteiger partial charge in [0.15, 0.2) is 0 Å². The highest BCUT2D eigenvalue weighted by Gasteiger charge is 1.99. The van der Waals surface area contributed by atoms with E-state index in [0.717, 1.165) is 16.9 Å². The smallest absolute Gasteiger partial charge is 0.0731 e. The van der Waals surface area contributed by atoms with E-state index in [1.807, 2.05) is 23.6 Å². The fourth-order valence-electron chi connectivity index (χ4n) is 1.09. The quantitative estimate of drug-likeness (QED) is 0.564. The maximum absolute atomic E-state index is 5.30. The molecule has 2 heterocycles. The first kappa shape index (κ1) is 8.22. The van der Waals surface area contributed by atoms with Gasteiger partial charge in [0.2, 0.25) is 0 Å². The zero-order valence-electron chi connectivity index (χ0n) is 6.90. The van der Waals surface area contributed by atoms with Crippen LogP contribution >= 0.6 is 11.3 Å². The van der Waals surface area contributed by atoms with Crippen molar-refractivity contribution < 1.29 is 0 Å². The molecule has 3 nitrogen and oxygen atoms in total. The van der Waals surface area contributed by atoms with E-state index in [1.165, 1.54) is 0 Å². The molecule has 0 bridgehead atoms. The van der Waals surface area contributed by atoms with E-state index in [9.17, 15) is 0 Å². The molecule has 2 rings (SSSR count). The van der Waals surface area contributed by atoms with E-state index >= 15 is 0 Å². The first-order valence-corrected chi connectivity index (χ1v) is 4.79. The highest BCUT2D eigenvalue weighted by Crippen LogP contribution is 2.21. The Kier molecular flexibility index (Phi) is 2.25. The summed E-state index contributed by atoms with van der Waals surface area (Å²) in [6.07, 6.45) is 1.74. The van der Waals surface area contributed by atoms with Crippen LogP contribution in [-0.2, 0) is 0 Å². The van der Waals surface area contributed by atoms with Gasteiger partial charge in [-0.15, -0.1) is 0 Å². The van der Waals surface area contributed by atoms with Gasteiger partial charge in [0, 0.05) is 17.1 Å². The topological polar surface area (TPSA) is 50.9 Å². The van der Waals surface area contributed by atoms with Crippen molar-refractivity contribution in [3.63, 3.8) is 0 Å². The molecular weight excluding hydrogens is 182 g/mol. The summed E-state index contributed by atoms with van der Waals surface area (Å²) in [5, 5.41) is 4.09. The first-order chi connectivity index (χ1) is 6.40. The molecule has 0 aliphatic carbocycles. The highest BCUT2D eigenvalue weighted by atomic mass is 32.1. The SMILES string of the molecule is NNc1ccnc(-c2ccsc2)c1. The summed E-state index contributed by atoms with van der Waals surface area (Å²) in [5.74, 6) is 5.30. The Balaban J connectivity index is 2.41. The number of thiophene rings is 1. The molecular formula is C9H9N3S. The van der Waals surface area contributed by atoms with Crippen LogP contribution in [0.3, 0.4) is 0 Å². The summed E-state index contributed by atoms with van der Waals surface area (Å²) in [6.45, 7) is 0. The number of hydrogen-bond acceptors (Lipinski definition) is 4. The van der Waals surface area contributed by atoms with Crippen molar-refractivity contribution in [2.45, 2.75) is 0 Å². The molecule has 13 heavy (non-hydrogen) atoms. The van der Waals surface area contributed by atoms with Crippen LogP contribution in [0.25, 0.3) is 11.3 Å². The predicted molar refractivity (Wildman–Crippen MR) is 55.4 cm³/mol. The number of nitrogens with two attached hydrogens (primary N) is 1. The number of hydrazine groups is 1. The lowest BCUT2D eigenvalue weighted by Gasteiger charge is -2.01. The van der Waals surface area contributed by atoms with Crippen LogP contribution < -0.4 is 11.3 Å². The Hall–Kier alpha value is -1.39. The van der Waals surface area contributed by atoms with E-state index in [4.69, 9.17) is 5.84 Å². The number of hydrogen-bond donors (Lipinski definition) is 2. The number of nitrogen functional groups attached to an aromatic ring is 1. The normalized spacial score (nSPS) is 9.92. The minimum absolute atomic E-state index is 0.871. The zero-order valence-corrected chi connectivity index (χ0v) is 7.71. The summed E-state index contributed by atoms with van der Waals surface area (Å²) in [5.41, 5.74) is 5.53. The molecule has 0 unspecified atom stereocenters. The van der Waals surface area contributed by atoms with Crippen LogP contribution in [0.2, 0.25) is 0 Å². The monoisotopic (exact) mass is 191 g/mol. The molecule has 2 aromatic heterocycles. The Bertz CT molecular complexity index is 384. The number of pyridine rings is 1. The molecule has 3 N–H and O–H groups in total. The van der Waals surface area contributed by atoms with E-state index in [2.05, 4.69) is 15.8 Å². The van der Waals surface area contributed by atoms with Gasteiger partial charge in [-0.05, 0) is 23.6 Å². The minimum atomic E-state index is 0.871. The lowest BCUT2D eigenvalue weighted by molar-refractivity contribution is 1.29. The molecule has 66 valence electrons. The molecule has 0 spiro atoms. The van der Waals surface area contributed by atoms with Crippen molar-refractivity contribution in [1.29, 1.82) is 0 Å². The van der Waals surface area contributed by atoms with Gasteiger partial charge in [0.1, 0.15) is 0 Å². The summed E-state index contributed by atoms with van der Waals surface area (Å²) in [4.78, 5) is 4.24. The Morgan fingerprint density at radius 3 is 3.00 bits per heavy atom. The molecule has 0 radical (unpaired) electrons. The Labute approximate surface area is 80.2 Å². The van der Waals surface area contributed by atoms with Crippen LogP contribution in [0.5, 0.6) is 0 Å². The number of nitrogens with zero attached hydrogens (tertiary/aromatic N) is 1. The molecule has 0 saturated heterocycles. The van der Waals surface area contributed by atoms with Crippen LogP contribution in [0.1, 0.15) is 0 Å². The van der Waals surface area contributed by atoms with Crippen molar-refractivity contribution in [3.05, 3.63) is 35.2 Å². The maximum Gasteiger partial charge on any atom is 0.0731 e. The lowest BCUT2D eigenvalue weighted by atomic mass is 10.2. The second kappa shape index (κ2) is 3.55. The maximum atomic E-state index is 5.30. The third kappa shape index (κ3) is 1.68. The van der Waals surface area contributed by atoms with Crippen molar-refractivity contribution in [2.75, 3.05) is 5.43 Å². The molecule has 2 aromatic rings. The highest BCUT2D eigenvalue weighted by molar-refractivity contribution is 7.08. The lowest BCUT2D eigenvalue weighted by Crippen LogP contribution is -2.06. The largest absolute Gasteiger partial charge is 0.324 e. The summed E-state index contributed by atoms with van der Waals surface area (Å²) in [7, 11) is 0. The van der Waals surface area contributed by atoms with Crippen molar-refractivity contribution in [3.8, 4) is 11.3 Å². The average Bonchev–Trinajstić information content (AvgIpc) is 2.71. The van der Waals surface area contributed by atoms with Crippen molar-refractivity contribution in [1.82, 2.24) is 4.98 Å². The Morgan fingerprint density at radius 1 is 1.38 bits per heavy atom. The third-order valence-electron chi connectivity index (χ3n) is 1.74. The van der Waals surface area contributed by atoms with Gasteiger partial charge in [0.05, 0.1) is 11.4 Å². The van der Waals surface area contributed by atoms with Crippen LogP contribution in [0.15, 0.2) is 35.2 Å². The van der Waals surface area contributed by atoms with E-state index in [1.54, 1.807) is 17.5 Å². The predicted octanol–water partition coefficient (Wildman–Crippen LogP) is 2.10. The second-order valence-corrected chi connectivity index (χ2v) is 3.37. The van der Waals surface area contributed by atoms with Gasteiger partial charge >= 0.3 is 0 Å². The fraction of sp³-hybridized carbons (Fsp3) is 0. The molecule has 4 heteroatoms. The first-order valence-electron chi connectivity index (χ1n) is 3.85. The van der Waals surface area contributed by atoms with Crippen LogP contribution in [0, 0.1) is 0 Å². The van der Waals surface area contributed by atoms with Gasteiger partial charge < -0.3 is 5.43 Å². The van der Waals surface area contributed by atoms with Gasteiger partial charge in [-0.1, -0.05) is 0 Å². The molecule has 0 atom stereocenters. The summed E-state index contributed by atoms with van der Waals surface area (Å²) < 4.78 is 0. The number of nitrogens with one attached hydrogen (secondary N) is 1. The van der Waals surface area contributed by atoms with Crippen molar-refractivity contribution >= 4 is 17.0 Å². The van der Waals surface area contributed by atoms with Gasteiger partial charge in [-0.25, -0.2) is 0 Å². The van der Waals surface area contributed by atoms with E-state index in [0.29, 0.717) is 0 Å². The molecule has 0 saturated carbocycles. The van der Waals surface area contributed by atoms with Gasteiger partial charge in [-0.3, -0.25) is 10.8 Å². The molecule has 0 amide bonds. The molecule has 0 aromatic carbocycles. The van der Waals surface area contributed by atoms with Crippen LogP contribution in [0.4, 0.5) is 5.69 Å². The minimum Gasteiger partial charge on any atom is -0.324 e. The van der Waals surface area contributed by atoms with Crippen LogP contribution in [-0.4, -0.2) is 4.98 Å².